The molecule has 3 saturated heterocycles. The molecule has 198 valence electrons. The van der Waals surface area contributed by atoms with Gasteiger partial charge >= 0.3 is 0 Å². The molecule has 9 heteroatoms. The highest BCUT2D eigenvalue weighted by Crippen LogP contribution is 2.65. The molecule has 0 radical (unpaired) electrons. The van der Waals surface area contributed by atoms with Crippen LogP contribution in [0, 0.1) is 45.8 Å². The molecule has 9 nitrogen and oxygen atoms in total. The predicted molar refractivity (Wildman–Crippen MR) is 133 cm³/mol. The van der Waals surface area contributed by atoms with Crippen molar-refractivity contribution in [3.8, 4) is 6.07 Å². The van der Waals surface area contributed by atoms with Gasteiger partial charge in [0.25, 0.3) is 0 Å². The Kier molecular flexibility index (Phi) is 7.11. The standard InChI is InChI=1S/C27H41N5O4/c1-26(2,3)11-20(33)31-19-9-7-6-8-15-13-29-23(34)17(15)10-16(12-28)30-24(35)22-21-18(27(21,4)5)14-32(22)25(19)36/h15-19,21-22H,6-11,13-14H2,1-5H3,(H,29,34)(H,30,35)(H,31,33)/t15-,16-,17-,18-,19-,21-,22-/m0/s1. The summed E-state index contributed by atoms with van der Waals surface area (Å²) in [4.78, 5) is 54.3. The van der Waals surface area contributed by atoms with Crippen molar-refractivity contribution in [2.24, 2.45) is 34.5 Å². The smallest absolute Gasteiger partial charge is 0.245 e. The summed E-state index contributed by atoms with van der Waals surface area (Å²) in [5.74, 6) is -0.759. The fraction of sp³-hybridized carbons (Fsp3) is 0.815. The number of amides is 4. The predicted octanol–water partition coefficient (Wildman–Crippen LogP) is 1.73. The fourth-order valence-electron chi connectivity index (χ4n) is 6.73. The summed E-state index contributed by atoms with van der Waals surface area (Å²) in [6.45, 7) is 11.2. The van der Waals surface area contributed by atoms with Crippen LogP contribution in [0.3, 0.4) is 0 Å². The van der Waals surface area contributed by atoms with Gasteiger partial charge in [-0.25, -0.2) is 0 Å². The molecule has 4 fully saturated rings. The first-order valence-corrected chi connectivity index (χ1v) is 13.4. The highest BCUT2D eigenvalue weighted by molar-refractivity contribution is 5.94. The van der Waals surface area contributed by atoms with E-state index in [9.17, 15) is 24.4 Å². The summed E-state index contributed by atoms with van der Waals surface area (Å²) in [6, 6.07) is 0.0127. The normalized spacial score (nSPS) is 36.4. The largest absolute Gasteiger partial charge is 0.356 e. The lowest BCUT2D eigenvalue weighted by atomic mass is 9.85. The molecule has 0 spiro atoms. The Morgan fingerprint density at radius 1 is 1.17 bits per heavy atom. The zero-order valence-corrected chi connectivity index (χ0v) is 22.2. The molecular weight excluding hydrogens is 458 g/mol. The van der Waals surface area contributed by atoms with Crippen LogP contribution in [0.2, 0.25) is 0 Å². The van der Waals surface area contributed by atoms with Crippen LogP contribution in [0.15, 0.2) is 0 Å². The maximum atomic E-state index is 13.8. The molecular formula is C27H41N5O4. The van der Waals surface area contributed by atoms with E-state index >= 15 is 0 Å². The van der Waals surface area contributed by atoms with Crippen molar-refractivity contribution in [1.29, 1.82) is 5.26 Å². The number of piperidine rings is 1. The van der Waals surface area contributed by atoms with Crippen molar-refractivity contribution in [2.75, 3.05) is 13.1 Å². The molecule has 0 aromatic heterocycles. The Balaban J connectivity index is 1.60. The van der Waals surface area contributed by atoms with Crippen LogP contribution in [0.4, 0.5) is 0 Å². The van der Waals surface area contributed by atoms with Gasteiger partial charge in [0.05, 0.1) is 6.07 Å². The lowest BCUT2D eigenvalue weighted by Crippen LogP contribution is -2.57. The Labute approximate surface area is 214 Å². The zero-order chi connectivity index (χ0) is 26.4. The lowest BCUT2D eigenvalue weighted by molar-refractivity contribution is -0.143. The van der Waals surface area contributed by atoms with Crippen molar-refractivity contribution >= 4 is 23.6 Å². The van der Waals surface area contributed by atoms with Gasteiger partial charge in [-0.1, -0.05) is 47.5 Å². The number of rotatable bonds is 2. The summed E-state index contributed by atoms with van der Waals surface area (Å²) in [5, 5.41) is 18.6. The number of hydrogen-bond acceptors (Lipinski definition) is 5. The van der Waals surface area contributed by atoms with E-state index in [-0.39, 0.29) is 64.6 Å². The molecule has 0 unspecified atom stereocenters. The van der Waals surface area contributed by atoms with E-state index in [4.69, 9.17) is 0 Å². The number of carbonyl (C=O) groups excluding carboxylic acids is 4. The summed E-state index contributed by atoms with van der Waals surface area (Å²) in [5.41, 5.74) is -0.270. The third-order valence-corrected chi connectivity index (χ3v) is 8.81. The Bertz CT molecular complexity index is 964. The van der Waals surface area contributed by atoms with Gasteiger partial charge < -0.3 is 20.9 Å². The first-order chi connectivity index (χ1) is 16.8. The maximum absolute atomic E-state index is 13.8. The van der Waals surface area contributed by atoms with Crippen molar-refractivity contribution in [1.82, 2.24) is 20.9 Å². The third kappa shape index (κ3) is 5.23. The second-order valence-electron chi connectivity index (χ2n) is 13.1. The number of hydrogen-bond donors (Lipinski definition) is 3. The van der Waals surface area contributed by atoms with Crippen molar-refractivity contribution in [2.45, 2.75) is 91.3 Å². The number of carbonyl (C=O) groups is 4. The van der Waals surface area contributed by atoms with Gasteiger partial charge in [-0.15, -0.1) is 0 Å². The molecule has 36 heavy (non-hydrogen) atoms. The van der Waals surface area contributed by atoms with Crippen LogP contribution in [0.5, 0.6) is 0 Å². The second kappa shape index (κ2) is 9.68. The van der Waals surface area contributed by atoms with Crippen LogP contribution < -0.4 is 16.0 Å². The average molecular weight is 500 g/mol. The van der Waals surface area contributed by atoms with Crippen LogP contribution in [0.1, 0.15) is 73.1 Å². The number of nitriles is 1. The minimum absolute atomic E-state index is 0.0159. The van der Waals surface area contributed by atoms with Crippen molar-refractivity contribution in [3.63, 3.8) is 0 Å². The van der Waals surface area contributed by atoms with Crippen LogP contribution in [-0.4, -0.2) is 59.7 Å². The molecule has 3 aliphatic heterocycles. The molecule has 1 aliphatic carbocycles. The molecule has 4 aliphatic rings. The van der Waals surface area contributed by atoms with Crippen LogP contribution >= 0.6 is 0 Å². The van der Waals surface area contributed by atoms with Gasteiger partial charge in [0.1, 0.15) is 18.1 Å². The lowest BCUT2D eigenvalue weighted by Gasteiger charge is -2.34. The first-order valence-electron chi connectivity index (χ1n) is 13.4. The zero-order valence-electron chi connectivity index (χ0n) is 22.2. The molecule has 4 rings (SSSR count). The SMILES string of the molecule is CC(C)(C)CC(=O)N[C@H]1CCCC[C@H]2CNC(=O)[C@H]2C[C@@H](C#N)NC(=O)[C@@H]2[C@@H]3[C@H](CN2C1=O)C3(C)C. The average Bonchev–Trinajstić information content (AvgIpc) is 3.11. The molecule has 7 atom stereocenters. The summed E-state index contributed by atoms with van der Waals surface area (Å²) < 4.78 is 0. The molecule has 4 amide bonds. The monoisotopic (exact) mass is 499 g/mol. The van der Waals surface area contributed by atoms with E-state index in [1.54, 1.807) is 4.90 Å². The van der Waals surface area contributed by atoms with E-state index in [0.717, 1.165) is 19.3 Å². The molecule has 0 bridgehead atoms. The summed E-state index contributed by atoms with van der Waals surface area (Å²) >= 11 is 0. The minimum Gasteiger partial charge on any atom is -0.356 e. The molecule has 0 aromatic rings. The quantitative estimate of drug-likeness (QED) is 0.532. The van der Waals surface area contributed by atoms with Gasteiger partial charge in [-0.05, 0) is 47.8 Å². The summed E-state index contributed by atoms with van der Waals surface area (Å²) in [6.07, 6.45) is 3.42. The van der Waals surface area contributed by atoms with Gasteiger partial charge in [-0.3, -0.25) is 19.2 Å². The van der Waals surface area contributed by atoms with E-state index in [1.165, 1.54) is 0 Å². The molecule has 3 heterocycles. The van der Waals surface area contributed by atoms with E-state index in [1.807, 2.05) is 20.8 Å². The Hall–Kier alpha value is -2.63. The minimum atomic E-state index is -0.794. The van der Waals surface area contributed by atoms with Crippen LogP contribution in [-0.2, 0) is 19.2 Å². The summed E-state index contributed by atoms with van der Waals surface area (Å²) in [7, 11) is 0. The topological polar surface area (TPSA) is 131 Å². The number of fused-ring (bicyclic) bond motifs is 4. The van der Waals surface area contributed by atoms with Crippen molar-refractivity contribution < 1.29 is 19.2 Å². The highest BCUT2D eigenvalue weighted by atomic mass is 16.2. The van der Waals surface area contributed by atoms with E-state index in [2.05, 4.69) is 35.9 Å². The molecule has 1 saturated carbocycles. The molecule has 3 N–H and O–H groups in total. The van der Waals surface area contributed by atoms with Gasteiger partial charge in [0, 0.05) is 25.4 Å². The fourth-order valence-corrected chi connectivity index (χ4v) is 6.73. The van der Waals surface area contributed by atoms with Crippen LogP contribution in [0.25, 0.3) is 0 Å². The van der Waals surface area contributed by atoms with E-state index < -0.39 is 18.1 Å². The number of nitrogens with zero attached hydrogens (tertiary/aromatic N) is 2. The van der Waals surface area contributed by atoms with Gasteiger partial charge in [-0.2, -0.15) is 5.26 Å². The van der Waals surface area contributed by atoms with E-state index in [0.29, 0.717) is 25.9 Å². The third-order valence-electron chi connectivity index (χ3n) is 8.81. The Morgan fingerprint density at radius 2 is 1.86 bits per heavy atom. The van der Waals surface area contributed by atoms with Gasteiger partial charge in [0.2, 0.25) is 23.6 Å². The highest BCUT2D eigenvalue weighted by Gasteiger charge is 2.69. The van der Waals surface area contributed by atoms with Gasteiger partial charge in [0.15, 0.2) is 0 Å². The maximum Gasteiger partial charge on any atom is 0.245 e. The first kappa shape index (κ1) is 26.4. The van der Waals surface area contributed by atoms with Crippen molar-refractivity contribution in [3.05, 3.63) is 0 Å². The molecule has 0 aromatic carbocycles. The number of nitrogens with one attached hydrogen (secondary N) is 3. The second-order valence-corrected chi connectivity index (χ2v) is 13.1. The Morgan fingerprint density at radius 3 is 2.53 bits per heavy atom.